The molecule has 1 heterocycles. The Labute approximate surface area is 61.2 Å². The van der Waals surface area contributed by atoms with Gasteiger partial charge in [-0.25, -0.2) is 4.79 Å². The lowest BCUT2D eigenvalue weighted by Gasteiger charge is -2.15. The number of hydrogen-bond acceptors (Lipinski definition) is 1. The minimum Gasteiger partial charge on any atom is -0.338 e. The molecule has 0 bridgehead atoms. The minimum absolute atomic E-state index is 0.0307. The summed E-state index contributed by atoms with van der Waals surface area (Å²) < 4.78 is 0. The van der Waals surface area contributed by atoms with Crippen LogP contribution in [0.5, 0.6) is 0 Å². The second-order valence-corrected chi connectivity index (χ2v) is 2.95. The molecule has 1 saturated heterocycles. The lowest BCUT2D eigenvalue weighted by molar-refractivity contribution is 0.239. The van der Waals surface area contributed by atoms with Crippen LogP contribution < -0.4 is 10.6 Å². The van der Waals surface area contributed by atoms with Crippen LogP contribution in [0.25, 0.3) is 0 Å². The van der Waals surface area contributed by atoms with Crippen molar-refractivity contribution in [2.45, 2.75) is 26.3 Å². The SMILES string of the molecule is CC1CCNC(=O)NC1C. The second-order valence-electron chi connectivity index (χ2n) is 2.95. The van der Waals surface area contributed by atoms with Crippen LogP contribution in [0.4, 0.5) is 4.79 Å². The van der Waals surface area contributed by atoms with E-state index in [0.717, 1.165) is 13.0 Å². The van der Waals surface area contributed by atoms with E-state index in [0.29, 0.717) is 12.0 Å². The normalized spacial score (nSPS) is 34.0. The van der Waals surface area contributed by atoms with Crippen molar-refractivity contribution in [3.8, 4) is 0 Å². The Morgan fingerprint density at radius 3 is 2.90 bits per heavy atom. The fraction of sp³-hybridized carbons (Fsp3) is 0.857. The molecule has 2 amide bonds. The summed E-state index contributed by atoms with van der Waals surface area (Å²) in [5, 5.41) is 5.60. The van der Waals surface area contributed by atoms with Crippen molar-refractivity contribution in [3.63, 3.8) is 0 Å². The van der Waals surface area contributed by atoms with Gasteiger partial charge in [-0.1, -0.05) is 6.92 Å². The molecule has 2 N–H and O–H groups in total. The lowest BCUT2D eigenvalue weighted by atomic mass is 10.0. The number of hydrogen-bond donors (Lipinski definition) is 2. The summed E-state index contributed by atoms with van der Waals surface area (Å²) in [5.41, 5.74) is 0. The molecule has 10 heavy (non-hydrogen) atoms. The van der Waals surface area contributed by atoms with Crippen molar-refractivity contribution in [2.24, 2.45) is 5.92 Å². The maximum atomic E-state index is 10.8. The number of carbonyl (C=O) groups is 1. The zero-order valence-corrected chi connectivity index (χ0v) is 6.48. The fourth-order valence-electron chi connectivity index (χ4n) is 1.06. The maximum Gasteiger partial charge on any atom is 0.315 e. The van der Waals surface area contributed by atoms with Gasteiger partial charge in [0.2, 0.25) is 0 Å². The largest absolute Gasteiger partial charge is 0.338 e. The van der Waals surface area contributed by atoms with E-state index in [1.807, 2.05) is 6.92 Å². The van der Waals surface area contributed by atoms with Crippen LogP contribution in [0.1, 0.15) is 20.3 Å². The van der Waals surface area contributed by atoms with Gasteiger partial charge in [-0.2, -0.15) is 0 Å². The van der Waals surface area contributed by atoms with Gasteiger partial charge in [0.25, 0.3) is 0 Å². The van der Waals surface area contributed by atoms with Gasteiger partial charge in [0.15, 0.2) is 0 Å². The van der Waals surface area contributed by atoms with Crippen LogP contribution in [0.15, 0.2) is 0 Å². The fourth-order valence-corrected chi connectivity index (χ4v) is 1.06. The van der Waals surface area contributed by atoms with E-state index < -0.39 is 0 Å². The third-order valence-corrected chi connectivity index (χ3v) is 2.10. The van der Waals surface area contributed by atoms with Crippen LogP contribution >= 0.6 is 0 Å². The molecule has 0 saturated carbocycles. The number of carbonyl (C=O) groups excluding carboxylic acids is 1. The molecule has 0 radical (unpaired) electrons. The Hall–Kier alpha value is -0.730. The standard InChI is InChI=1S/C7H14N2O/c1-5-3-4-8-7(10)9-6(5)2/h5-6H,3-4H2,1-2H3,(H2,8,9,10). The first kappa shape index (κ1) is 7.38. The monoisotopic (exact) mass is 142 g/mol. The van der Waals surface area contributed by atoms with Crippen molar-refractivity contribution in [3.05, 3.63) is 0 Å². The first-order valence-corrected chi connectivity index (χ1v) is 3.74. The van der Waals surface area contributed by atoms with Crippen molar-refractivity contribution >= 4 is 6.03 Å². The topological polar surface area (TPSA) is 41.1 Å². The molecular weight excluding hydrogens is 128 g/mol. The van der Waals surface area contributed by atoms with E-state index in [9.17, 15) is 4.79 Å². The Morgan fingerprint density at radius 1 is 1.50 bits per heavy atom. The molecule has 58 valence electrons. The molecule has 1 rings (SSSR count). The summed E-state index contributed by atoms with van der Waals surface area (Å²) in [7, 11) is 0. The number of rotatable bonds is 0. The molecule has 2 atom stereocenters. The van der Waals surface area contributed by atoms with Crippen molar-refractivity contribution in [1.82, 2.24) is 10.6 Å². The van der Waals surface area contributed by atoms with Crippen LogP contribution in [-0.2, 0) is 0 Å². The van der Waals surface area contributed by atoms with Crippen molar-refractivity contribution < 1.29 is 4.79 Å². The van der Waals surface area contributed by atoms with Crippen LogP contribution in [0, 0.1) is 5.92 Å². The lowest BCUT2D eigenvalue weighted by Crippen LogP contribution is -2.39. The highest BCUT2D eigenvalue weighted by Gasteiger charge is 2.17. The van der Waals surface area contributed by atoms with Gasteiger partial charge in [-0.15, -0.1) is 0 Å². The molecule has 2 unspecified atom stereocenters. The van der Waals surface area contributed by atoms with Crippen LogP contribution in [0.2, 0.25) is 0 Å². The van der Waals surface area contributed by atoms with E-state index in [-0.39, 0.29) is 6.03 Å². The van der Waals surface area contributed by atoms with E-state index in [4.69, 9.17) is 0 Å². The van der Waals surface area contributed by atoms with Crippen LogP contribution in [0.3, 0.4) is 0 Å². The van der Waals surface area contributed by atoms with Gasteiger partial charge in [-0.05, 0) is 19.3 Å². The molecule has 0 aromatic rings. The third-order valence-electron chi connectivity index (χ3n) is 2.10. The maximum absolute atomic E-state index is 10.8. The van der Waals surface area contributed by atoms with Gasteiger partial charge >= 0.3 is 6.03 Å². The zero-order chi connectivity index (χ0) is 7.56. The number of amides is 2. The molecule has 0 spiro atoms. The van der Waals surface area contributed by atoms with Crippen LogP contribution in [-0.4, -0.2) is 18.6 Å². The summed E-state index contributed by atoms with van der Waals surface area (Å²) in [6.07, 6.45) is 1.07. The second kappa shape index (κ2) is 2.90. The first-order chi connectivity index (χ1) is 4.70. The van der Waals surface area contributed by atoms with Gasteiger partial charge in [0.05, 0.1) is 0 Å². The summed E-state index contributed by atoms with van der Waals surface area (Å²) in [4.78, 5) is 10.8. The van der Waals surface area contributed by atoms with Crippen molar-refractivity contribution in [2.75, 3.05) is 6.54 Å². The molecule has 3 nitrogen and oxygen atoms in total. The van der Waals surface area contributed by atoms with Crippen molar-refractivity contribution in [1.29, 1.82) is 0 Å². The Balaban J connectivity index is 2.49. The molecule has 1 aliphatic heterocycles. The molecule has 0 aromatic carbocycles. The average molecular weight is 142 g/mol. The molecule has 0 aliphatic carbocycles. The summed E-state index contributed by atoms with van der Waals surface area (Å²) in [6.45, 7) is 4.99. The molecular formula is C7H14N2O. The number of nitrogens with one attached hydrogen (secondary N) is 2. The van der Waals surface area contributed by atoms with Gasteiger partial charge in [0.1, 0.15) is 0 Å². The minimum atomic E-state index is -0.0307. The predicted octanol–water partition coefficient (Wildman–Crippen LogP) is 0.714. The molecule has 1 fully saturated rings. The zero-order valence-electron chi connectivity index (χ0n) is 6.48. The Morgan fingerprint density at radius 2 is 2.20 bits per heavy atom. The Kier molecular flexibility index (Phi) is 2.14. The highest BCUT2D eigenvalue weighted by Crippen LogP contribution is 2.08. The Bertz CT molecular complexity index is 136. The first-order valence-electron chi connectivity index (χ1n) is 3.74. The van der Waals surface area contributed by atoms with Gasteiger partial charge in [-0.3, -0.25) is 0 Å². The smallest absolute Gasteiger partial charge is 0.315 e. The molecule has 1 aliphatic rings. The third kappa shape index (κ3) is 1.62. The summed E-state index contributed by atoms with van der Waals surface area (Å²) >= 11 is 0. The van der Waals surface area contributed by atoms with E-state index in [1.54, 1.807) is 0 Å². The predicted molar refractivity (Wildman–Crippen MR) is 39.8 cm³/mol. The summed E-state index contributed by atoms with van der Waals surface area (Å²) in [5.74, 6) is 0.582. The van der Waals surface area contributed by atoms with E-state index in [2.05, 4.69) is 17.6 Å². The molecule has 3 heteroatoms. The highest BCUT2D eigenvalue weighted by molar-refractivity contribution is 5.74. The number of urea groups is 1. The summed E-state index contributed by atoms with van der Waals surface area (Å²) in [6, 6.07) is 0.277. The van der Waals surface area contributed by atoms with Gasteiger partial charge < -0.3 is 10.6 Å². The van der Waals surface area contributed by atoms with E-state index >= 15 is 0 Å². The average Bonchev–Trinajstić information content (AvgIpc) is 1.96. The highest BCUT2D eigenvalue weighted by atomic mass is 16.2. The van der Waals surface area contributed by atoms with E-state index in [1.165, 1.54) is 0 Å². The molecule has 0 aromatic heterocycles. The quantitative estimate of drug-likeness (QED) is 0.514. The van der Waals surface area contributed by atoms with Gasteiger partial charge in [0, 0.05) is 12.6 Å².